The lowest BCUT2D eigenvalue weighted by atomic mass is 10.1. The van der Waals surface area contributed by atoms with Crippen molar-refractivity contribution in [2.75, 3.05) is 11.9 Å². The molecule has 106 valence electrons. The van der Waals surface area contributed by atoms with Crippen LogP contribution >= 0.6 is 0 Å². The van der Waals surface area contributed by atoms with Gasteiger partial charge in [-0.25, -0.2) is 0 Å². The van der Waals surface area contributed by atoms with Crippen molar-refractivity contribution in [2.45, 2.75) is 13.1 Å². The Hall–Kier alpha value is -2.38. The number of carbonyl (C=O) groups excluding carboxylic acids is 1. The molecule has 0 bridgehead atoms. The molecule has 0 spiro atoms. The Labute approximate surface area is 112 Å². The molecule has 0 saturated heterocycles. The molecule has 8 heteroatoms. The molecule has 2 aromatic rings. The number of carbonyl (C=O) groups is 1. The smallest absolute Gasteiger partial charge is 0.338 e. The van der Waals surface area contributed by atoms with Crippen molar-refractivity contribution in [1.29, 1.82) is 0 Å². The van der Waals surface area contributed by atoms with Gasteiger partial charge >= 0.3 is 6.18 Å². The third-order valence-corrected chi connectivity index (χ3v) is 2.61. The lowest BCUT2D eigenvalue weighted by Crippen LogP contribution is -2.28. The first kappa shape index (κ1) is 14.0. The number of aryl methyl sites for hydroxylation is 1. The van der Waals surface area contributed by atoms with Crippen LogP contribution in [-0.4, -0.2) is 23.1 Å². The molecule has 0 aliphatic rings. The van der Waals surface area contributed by atoms with Gasteiger partial charge in [0.1, 0.15) is 0 Å². The molecular formula is C12H10F3N3O2. The normalized spacial score (nSPS) is 11.4. The Morgan fingerprint density at radius 3 is 2.65 bits per heavy atom. The average molecular weight is 285 g/mol. The molecule has 0 aliphatic carbocycles. The molecule has 2 aromatic heterocycles. The molecule has 0 aromatic carbocycles. The van der Waals surface area contributed by atoms with Crippen LogP contribution in [0.2, 0.25) is 0 Å². The predicted octanol–water partition coefficient (Wildman–Crippen LogP) is 2.67. The van der Waals surface area contributed by atoms with Gasteiger partial charge in [0.25, 0.3) is 5.91 Å². The highest BCUT2D eigenvalue weighted by molar-refractivity contribution is 6.05. The second-order valence-corrected chi connectivity index (χ2v) is 4.09. The summed E-state index contributed by atoms with van der Waals surface area (Å²) in [6.45, 7) is 1.64. The minimum absolute atomic E-state index is 0.0597. The van der Waals surface area contributed by atoms with E-state index in [2.05, 4.69) is 10.1 Å². The van der Waals surface area contributed by atoms with Crippen molar-refractivity contribution in [3.8, 4) is 0 Å². The van der Waals surface area contributed by atoms with Crippen molar-refractivity contribution in [3.63, 3.8) is 0 Å². The van der Waals surface area contributed by atoms with E-state index in [9.17, 15) is 18.0 Å². The molecule has 0 radical (unpaired) electrons. The van der Waals surface area contributed by atoms with Crippen molar-refractivity contribution >= 4 is 11.8 Å². The minimum atomic E-state index is -4.63. The summed E-state index contributed by atoms with van der Waals surface area (Å²) in [5.41, 5.74) is -1.07. The first-order valence-electron chi connectivity index (χ1n) is 5.53. The van der Waals surface area contributed by atoms with Gasteiger partial charge < -0.3 is 4.52 Å². The highest BCUT2D eigenvalue weighted by atomic mass is 19.4. The van der Waals surface area contributed by atoms with Crippen LogP contribution in [0.15, 0.2) is 29.0 Å². The highest BCUT2D eigenvalue weighted by Gasteiger charge is 2.36. The lowest BCUT2D eigenvalue weighted by molar-refractivity contribution is -0.138. The quantitative estimate of drug-likeness (QED) is 0.851. The van der Waals surface area contributed by atoms with Crippen molar-refractivity contribution in [1.82, 2.24) is 10.1 Å². The Morgan fingerprint density at radius 2 is 2.10 bits per heavy atom. The van der Waals surface area contributed by atoms with Crippen LogP contribution in [0.25, 0.3) is 0 Å². The zero-order chi connectivity index (χ0) is 14.9. The van der Waals surface area contributed by atoms with E-state index in [0.29, 0.717) is 5.69 Å². The van der Waals surface area contributed by atoms with E-state index in [1.165, 1.54) is 13.1 Å². The Kier molecular flexibility index (Phi) is 3.47. The third kappa shape index (κ3) is 2.63. The number of halogens is 3. The van der Waals surface area contributed by atoms with Crippen LogP contribution in [0, 0.1) is 6.92 Å². The Bertz CT molecular complexity index is 637. The highest BCUT2D eigenvalue weighted by Crippen LogP contribution is 2.32. The van der Waals surface area contributed by atoms with Crippen LogP contribution in [0.3, 0.4) is 0 Å². The largest absolute Gasteiger partial charge is 0.417 e. The number of hydrogen-bond acceptors (Lipinski definition) is 4. The number of alkyl halides is 3. The maximum Gasteiger partial charge on any atom is 0.417 e. The average Bonchev–Trinajstić information content (AvgIpc) is 2.83. The summed E-state index contributed by atoms with van der Waals surface area (Å²) in [6.07, 6.45) is -2.77. The Morgan fingerprint density at radius 1 is 1.40 bits per heavy atom. The maximum atomic E-state index is 12.8. The number of rotatable bonds is 2. The zero-order valence-corrected chi connectivity index (χ0v) is 10.6. The summed E-state index contributed by atoms with van der Waals surface area (Å²) >= 11 is 0. The monoisotopic (exact) mass is 285 g/mol. The van der Waals surface area contributed by atoms with Gasteiger partial charge in [-0.05, 0) is 13.0 Å². The fourth-order valence-corrected chi connectivity index (χ4v) is 1.60. The van der Waals surface area contributed by atoms with E-state index in [-0.39, 0.29) is 5.88 Å². The van der Waals surface area contributed by atoms with E-state index < -0.39 is 23.2 Å². The Balaban J connectivity index is 2.39. The van der Waals surface area contributed by atoms with Gasteiger partial charge in [0.05, 0.1) is 16.8 Å². The summed E-state index contributed by atoms with van der Waals surface area (Å²) in [6, 6.07) is 2.20. The molecule has 2 rings (SSSR count). The summed E-state index contributed by atoms with van der Waals surface area (Å²) in [4.78, 5) is 16.6. The van der Waals surface area contributed by atoms with E-state index in [4.69, 9.17) is 4.52 Å². The number of pyridine rings is 1. The van der Waals surface area contributed by atoms with Gasteiger partial charge in [0.2, 0.25) is 5.88 Å². The molecule has 1 amide bonds. The second kappa shape index (κ2) is 4.95. The number of aromatic nitrogens is 2. The van der Waals surface area contributed by atoms with Gasteiger partial charge in [-0.15, -0.1) is 0 Å². The number of hydrogen-bond donors (Lipinski definition) is 0. The van der Waals surface area contributed by atoms with E-state index in [1.54, 1.807) is 6.92 Å². The minimum Gasteiger partial charge on any atom is -0.338 e. The van der Waals surface area contributed by atoms with Crippen LogP contribution in [-0.2, 0) is 6.18 Å². The first-order chi connectivity index (χ1) is 9.30. The van der Waals surface area contributed by atoms with Gasteiger partial charge in [0.15, 0.2) is 0 Å². The molecule has 2 heterocycles. The van der Waals surface area contributed by atoms with Crippen molar-refractivity contribution in [2.24, 2.45) is 0 Å². The molecule has 0 atom stereocenters. The predicted molar refractivity (Wildman–Crippen MR) is 63.2 cm³/mol. The fourth-order valence-electron chi connectivity index (χ4n) is 1.60. The molecule has 0 aliphatic heterocycles. The van der Waals surface area contributed by atoms with E-state index in [1.807, 2.05) is 0 Å². The molecular weight excluding hydrogens is 275 g/mol. The van der Waals surface area contributed by atoms with Crippen LogP contribution in [0.4, 0.5) is 19.1 Å². The van der Waals surface area contributed by atoms with Gasteiger partial charge in [-0.2, -0.15) is 13.2 Å². The molecule has 0 unspecified atom stereocenters. The standard InChI is InChI=1S/C12H10F3N3O2/c1-7-5-10(20-17-7)18(2)11(19)8-6-16-4-3-9(8)12(13,14)15/h3-6H,1-2H3. The summed E-state index contributed by atoms with van der Waals surface area (Å²) < 4.78 is 43.4. The van der Waals surface area contributed by atoms with Gasteiger partial charge in [-0.3, -0.25) is 14.7 Å². The lowest BCUT2D eigenvalue weighted by Gasteiger charge is -2.16. The van der Waals surface area contributed by atoms with Crippen LogP contribution in [0.5, 0.6) is 0 Å². The summed E-state index contributed by atoms with van der Waals surface area (Å²) in [5.74, 6) is -0.814. The van der Waals surface area contributed by atoms with Crippen LogP contribution < -0.4 is 4.90 Å². The molecule has 20 heavy (non-hydrogen) atoms. The zero-order valence-electron chi connectivity index (χ0n) is 10.6. The molecule has 5 nitrogen and oxygen atoms in total. The molecule has 0 saturated carbocycles. The van der Waals surface area contributed by atoms with Crippen molar-refractivity contribution in [3.05, 3.63) is 41.3 Å². The van der Waals surface area contributed by atoms with Crippen molar-refractivity contribution < 1.29 is 22.5 Å². The van der Waals surface area contributed by atoms with Gasteiger partial charge in [0, 0.05) is 25.5 Å². The fraction of sp³-hybridized carbons (Fsp3) is 0.250. The summed E-state index contributed by atoms with van der Waals surface area (Å²) in [5, 5.41) is 3.58. The molecule has 0 N–H and O–H groups in total. The second-order valence-electron chi connectivity index (χ2n) is 4.09. The number of amides is 1. The van der Waals surface area contributed by atoms with E-state index in [0.717, 1.165) is 23.4 Å². The van der Waals surface area contributed by atoms with Gasteiger partial charge in [-0.1, -0.05) is 5.16 Å². The van der Waals surface area contributed by atoms with Crippen LogP contribution in [0.1, 0.15) is 21.6 Å². The topological polar surface area (TPSA) is 59.2 Å². The first-order valence-corrected chi connectivity index (χ1v) is 5.53. The maximum absolute atomic E-state index is 12.8. The molecule has 0 fully saturated rings. The third-order valence-electron chi connectivity index (χ3n) is 2.61. The summed E-state index contributed by atoms with van der Waals surface area (Å²) in [7, 11) is 1.30. The SMILES string of the molecule is Cc1cc(N(C)C(=O)c2cnccc2C(F)(F)F)on1. The van der Waals surface area contributed by atoms with E-state index >= 15 is 0 Å². The number of anilines is 1. The number of nitrogens with zero attached hydrogens (tertiary/aromatic N) is 3.